The highest BCUT2D eigenvalue weighted by Gasteiger charge is 2.22. The Kier molecular flexibility index (Phi) is 4.79. The molecule has 0 aliphatic carbocycles. The SMILES string of the molecule is CCN(C)S(=O)(=O)c1cc(CCl)ccc1Br. The van der Waals surface area contributed by atoms with Gasteiger partial charge in [-0.3, -0.25) is 0 Å². The lowest BCUT2D eigenvalue weighted by molar-refractivity contribution is 0.486. The molecule has 16 heavy (non-hydrogen) atoms. The second-order valence-electron chi connectivity index (χ2n) is 3.32. The van der Waals surface area contributed by atoms with Crippen molar-refractivity contribution in [2.75, 3.05) is 13.6 Å². The minimum Gasteiger partial charge on any atom is -0.207 e. The summed E-state index contributed by atoms with van der Waals surface area (Å²) in [6, 6.07) is 5.09. The lowest BCUT2D eigenvalue weighted by Crippen LogP contribution is -2.26. The van der Waals surface area contributed by atoms with Crippen LogP contribution in [0.4, 0.5) is 0 Å². The molecule has 0 fully saturated rings. The fraction of sp³-hybridized carbons (Fsp3) is 0.400. The van der Waals surface area contributed by atoms with Crippen LogP contribution in [0, 0.1) is 0 Å². The Hall–Kier alpha value is -0.100. The van der Waals surface area contributed by atoms with Gasteiger partial charge in [0.15, 0.2) is 0 Å². The Morgan fingerprint density at radius 2 is 2.06 bits per heavy atom. The Labute approximate surface area is 110 Å². The third-order valence-corrected chi connectivity index (χ3v) is 5.52. The van der Waals surface area contributed by atoms with Crippen LogP contribution >= 0.6 is 27.5 Å². The zero-order valence-corrected chi connectivity index (χ0v) is 12.2. The molecule has 0 aliphatic heterocycles. The third kappa shape index (κ3) is 2.77. The fourth-order valence-electron chi connectivity index (χ4n) is 1.17. The van der Waals surface area contributed by atoms with Crippen molar-refractivity contribution in [1.29, 1.82) is 0 Å². The Balaban J connectivity index is 3.32. The predicted molar refractivity (Wildman–Crippen MR) is 69.2 cm³/mol. The van der Waals surface area contributed by atoms with Crippen LogP contribution in [0.2, 0.25) is 0 Å². The minimum absolute atomic E-state index is 0.259. The van der Waals surface area contributed by atoms with E-state index in [2.05, 4.69) is 15.9 Å². The number of rotatable bonds is 4. The Bertz CT molecular complexity index is 476. The number of nitrogens with zero attached hydrogens (tertiary/aromatic N) is 1. The van der Waals surface area contributed by atoms with E-state index in [1.54, 1.807) is 32.2 Å². The molecule has 0 saturated heterocycles. The maximum atomic E-state index is 12.1. The molecule has 3 nitrogen and oxygen atoms in total. The van der Waals surface area contributed by atoms with E-state index in [-0.39, 0.29) is 4.90 Å². The molecule has 0 amide bonds. The van der Waals surface area contributed by atoms with Gasteiger partial charge in [0.25, 0.3) is 0 Å². The lowest BCUT2D eigenvalue weighted by Gasteiger charge is -2.16. The average molecular weight is 327 g/mol. The van der Waals surface area contributed by atoms with Gasteiger partial charge in [-0.1, -0.05) is 13.0 Å². The van der Waals surface area contributed by atoms with Crippen LogP contribution in [-0.2, 0) is 15.9 Å². The molecule has 0 aliphatic rings. The molecule has 1 rings (SSSR count). The summed E-state index contributed by atoms with van der Waals surface area (Å²) in [6.45, 7) is 2.22. The summed E-state index contributed by atoms with van der Waals surface area (Å²) in [5.74, 6) is 0.297. The van der Waals surface area contributed by atoms with Gasteiger partial charge in [-0.2, -0.15) is 0 Å². The second-order valence-corrected chi connectivity index (χ2v) is 6.45. The normalized spacial score (nSPS) is 12.1. The van der Waals surface area contributed by atoms with Gasteiger partial charge in [0.1, 0.15) is 0 Å². The van der Waals surface area contributed by atoms with Crippen molar-refractivity contribution in [2.45, 2.75) is 17.7 Å². The standard InChI is InChI=1S/C10H13BrClNO2S/c1-3-13(2)16(14,15)10-6-8(7-12)4-5-9(10)11/h4-6H,3,7H2,1-2H3. The van der Waals surface area contributed by atoms with E-state index in [4.69, 9.17) is 11.6 Å². The Morgan fingerprint density at radius 3 is 2.56 bits per heavy atom. The molecule has 1 aromatic rings. The van der Waals surface area contributed by atoms with Crippen molar-refractivity contribution >= 4 is 37.6 Å². The van der Waals surface area contributed by atoms with Gasteiger partial charge in [0.05, 0.1) is 4.90 Å². The quantitative estimate of drug-likeness (QED) is 0.798. The monoisotopic (exact) mass is 325 g/mol. The highest BCUT2D eigenvalue weighted by Crippen LogP contribution is 2.26. The van der Waals surface area contributed by atoms with Gasteiger partial charge < -0.3 is 0 Å². The number of halogens is 2. The average Bonchev–Trinajstić information content (AvgIpc) is 2.28. The largest absolute Gasteiger partial charge is 0.243 e. The maximum Gasteiger partial charge on any atom is 0.243 e. The van der Waals surface area contributed by atoms with E-state index in [1.165, 1.54) is 4.31 Å². The molecule has 0 N–H and O–H groups in total. The van der Waals surface area contributed by atoms with Crippen molar-refractivity contribution < 1.29 is 8.42 Å². The Morgan fingerprint density at radius 1 is 1.44 bits per heavy atom. The summed E-state index contributed by atoms with van der Waals surface area (Å²) in [4.78, 5) is 0.259. The van der Waals surface area contributed by atoms with Crippen LogP contribution in [0.25, 0.3) is 0 Å². The summed E-state index contributed by atoms with van der Waals surface area (Å²) < 4.78 is 26.1. The van der Waals surface area contributed by atoms with Crippen LogP contribution in [0.1, 0.15) is 12.5 Å². The number of hydrogen-bond acceptors (Lipinski definition) is 2. The molecule has 0 atom stereocenters. The summed E-state index contributed by atoms with van der Waals surface area (Å²) in [7, 11) is -1.87. The van der Waals surface area contributed by atoms with Crippen molar-refractivity contribution in [3.8, 4) is 0 Å². The van der Waals surface area contributed by atoms with E-state index in [0.717, 1.165) is 5.56 Å². The minimum atomic E-state index is -3.42. The first-order chi connectivity index (χ1) is 7.43. The zero-order valence-electron chi connectivity index (χ0n) is 9.07. The van der Waals surface area contributed by atoms with E-state index >= 15 is 0 Å². The molecule has 0 aromatic heterocycles. The van der Waals surface area contributed by atoms with Gasteiger partial charge in [-0.25, -0.2) is 12.7 Å². The summed E-state index contributed by atoms with van der Waals surface area (Å²) in [6.07, 6.45) is 0. The third-order valence-electron chi connectivity index (χ3n) is 2.28. The van der Waals surface area contributed by atoms with Crippen LogP contribution in [0.5, 0.6) is 0 Å². The first-order valence-corrected chi connectivity index (χ1v) is 7.51. The molecule has 0 heterocycles. The molecule has 0 bridgehead atoms. The van der Waals surface area contributed by atoms with Gasteiger partial charge in [-0.15, -0.1) is 11.6 Å². The summed E-state index contributed by atoms with van der Waals surface area (Å²) in [5, 5.41) is 0. The van der Waals surface area contributed by atoms with Gasteiger partial charge in [-0.05, 0) is 33.6 Å². The topological polar surface area (TPSA) is 37.4 Å². The molecule has 0 radical (unpaired) electrons. The van der Waals surface area contributed by atoms with Crippen molar-refractivity contribution in [3.63, 3.8) is 0 Å². The molecule has 1 aromatic carbocycles. The highest BCUT2D eigenvalue weighted by atomic mass is 79.9. The molecular weight excluding hydrogens is 314 g/mol. The van der Waals surface area contributed by atoms with Crippen LogP contribution in [-0.4, -0.2) is 26.3 Å². The van der Waals surface area contributed by atoms with Crippen molar-refractivity contribution in [2.24, 2.45) is 0 Å². The molecular formula is C10H13BrClNO2S. The number of benzene rings is 1. The van der Waals surface area contributed by atoms with E-state index < -0.39 is 10.0 Å². The summed E-state index contributed by atoms with van der Waals surface area (Å²) >= 11 is 8.94. The van der Waals surface area contributed by atoms with Crippen molar-refractivity contribution in [3.05, 3.63) is 28.2 Å². The molecule has 0 unspecified atom stereocenters. The van der Waals surface area contributed by atoms with Crippen molar-refractivity contribution in [1.82, 2.24) is 4.31 Å². The van der Waals surface area contributed by atoms with Gasteiger partial charge in [0.2, 0.25) is 10.0 Å². The smallest absolute Gasteiger partial charge is 0.207 e. The maximum absolute atomic E-state index is 12.1. The van der Waals surface area contributed by atoms with Crippen LogP contribution < -0.4 is 0 Å². The van der Waals surface area contributed by atoms with E-state index in [1.807, 2.05) is 0 Å². The molecule has 0 saturated carbocycles. The summed E-state index contributed by atoms with van der Waals surface area (Å²) in [5.41, 5.74) is 0.785. The lowest BCUT2D eigenvalue weighted by atomic mass is 10.2. The van der Waals surface area contributed by atoms with Gasteiger partial charge in [0, 0.05) is 23.9 Å². The van der Waals surface area contributed by atoms with Crippen LogP contribution in [0.3, 0.4) is 0 Å². The molecule has 90 valence electrons. The number of alkyl halides is 1. The second kappa shape index (κ2) is 5.49. The number of sulfonamides is 1. The first kappa shape index (κ1) is 14.0. The fourth-order valence-corrected chi connectivity index (χ4v) is 3.48. The highest BCUT2D eigenvalue weighted by molar-refractivity contribution is 9.10. The molecule has 0 spiro atoms. The number of hydrogen-bond donors (Lipinski definition) is 0. The predicted octanol–water partition coefficient (Wildman–Crippen LogP) is 2.83. The molecule has 6 heteroatoms. The van der Waals surface area contributed by atoms with Gasteiger partial charge >= 0.3 is 0 Å². The zero-order chi connectivity index (χ0) is 12.3. The van der Waals surface area contributed by atoms with E-state index in [0.29, 0.717) is 16.9 Å². The van der Waals surface area contributed by atoms with Crippen LogP contribution in [0.15, 0.2) is 27.6 Å². The first-order valence-electron chi connectivity index (χ1n) is 4.74. The van der Waals surface area contributed by atoms with E-state index in [9.17, 15) is 8.42 Å².